The number of carbonyl (C=O) groups excluding carboxylic acids is 2. The van der Waals surface area contributed by atoms with Crippen LogP contribution in [0.3, 0.4) is 0 Å². The Hall–Kier alpha value is -3.52. The predicted molar refractivity (Wildman–Crippen MR) is 121 cm³/mol. The number of nitrogens with zero attached hydrogens (tertiary/aromatic N) is 1. The largest absolute Gasteiger partial charge is 0.493 e. The number of nitrogens with one attached hydrogen (secondary N) is 1. The lowest BCUT2D eigenvalue weighted by molar-refractivity contribution is -0.122. The second-order valence-corrected chi connectivity index (χ2v) is 6.96. The van der Waals surface area contributed by atoms with Crippen LogP contribution in [-0.2, 0) is 16.0 Å². The lowest BCUT2D eigenvalue weighted by Gasteiger charge is -2.29. The summed E-state index contributed by atoms with van der Waals surface area (Å²) in [5.41, 5.74) is 1.60. The fraction of sp³-hybridized carbons (Fsp3) is 0.174. The number of amides is 2. The summed E-state index contributed by atoms with van der Waals surface area (Å²) in [4.78, 5) is 26.8. The highest BCUT2D eigenvalue weighted by Crippen LogP contribution is 2.34. The first-order valence-electron chi connectivity index (χ1n) is 9.51. The van der Waals surface area contributed by atoms with E-state index in [4.69, 9.17) is 21.7 Å². The molecule has 0 bridgehead atoms. The first-order valence-corrected chi connectivity index (χ1v) is 9.92. The SMILES string of the molecule is C=CCc1cc(/C=C2/C(=O)NC(=S)N(c3ccc(F)cc3)C2=O)cc(OCC)c1OC. The minimum absolute atomic E-state index is 0.0733. The summed E-state index contributed by atoms with van der Waals surface area (Å²) in [7, 11) is 1.54. The number of allylic oxidation sites excluding steroid dienone is 1. The van der Waals surface area contributed by atoms with Crippen LogP contribution in [-0.4, -0.2) is 30.6 Å². The van der Waals surface area contributed by atoms with E-state index in [0.29, 0.717) is 35.8 Å². The first-order chi connectivity index (χ1) is 14.9. The molecule has 1 heterocycles. The molecular weight excluding hydrogens is 419 g/mol. The van der Waals surface area contributed by atoms with Crippen LogP contribution < -0.4 is 19.7 Å². The number of anilines is 1. The van der Waals surface area contributed by atoms with Crippen LogP contribution in [0.25, 0.3) is 6.08 Å². The number of rotatable bonds is 7. The van der Waals surface area contributed by atoms with E-state index < -0.39 is 17.6 Å². The van der Waals surface area contributed by atoms with Gasteiger partial charge in [0.1, 0.15) is 11.4 Å². The third-order valence-electron chi connectivity index (χ3n) is 4.52. The number of halogens is 1. The molecule has 0 spiro atoms. The molecule has 31 heavy (non-hydrogen) atoms. The molecule has 6 nitrogen and oxygen atoms in total. The quantitative estimate of drug-likeness (QED) is 0.307. The average molecular weight is 440 g/mol. The van der Waals surface area contributed by atoms with Gasteiger partial charge in [0.05, 0.1) is 19.4 Å². The van der Waals surface area contributed by atoms with Gasteiger partial charge in [0, 0.05) is 5.56 Å². The molecule has 0 aliphatic carbocycles. The van der Waals surface area contributed by atoms with Gasteiger partial charge in [-0.3, -0.25) is 19.8 Å². The van der Waals surface area contributed by atoms with Crippen molar-refractivity contribution in [1.82, 2.24) is 5.32 Å². The second kappa shape index (κ2) is 9.53. The summed E-state index contributed by atoms with van der Waals surface area (Å²) in [6.07, 6.45) is 3.69. The van der Waals surface area contributed by atoms with Crippen molar-refractivity contribution in [3.8, 4) is 11.5 Å². The van der Waals surface area contributed by atoms with Crippen LogP contribution in [0, 0.1) is 5.82 Å². The molecule has 0 saturated carbocycles. The minimum atomic E-state index is -0.618. The zero-order valence-corrected chi connectivity index (χ0v) is 17.9. The highest BCUT2D eigenvalue weighted by molar-refractivity contribution is 7.80. The molecule has 1 fully saturated rings. The van der Waals surface area contributed by atoms with Gasteiger partial charge in [-0.25, -0.2) is 4.39 Å². The van der Waals surface area contributed by atoms with E-state index in [9.17, 15) is 14.0 Å². The molecule has 1 saturated heterocycles. The van der Waals surface area contributed by atoms with Crippen molar-refractivity contribution >= 4 is 40.9 Å². The minimum Gasteiger partial charge on any atom is -0.493 e. The normalized spacial score (nSPS) is 15.1. The molecule has 3 rings (SSSR count). The Morgan fingerprint density at radius 3 is 2.55 bits per heavy atom. The lowest BCUT2D eigenvalue weighted by Crippen LogP contribution is -2.54. The lowest BCUT2D eigenvalue weighted by atomic mass is 10.0. The Morgan fingerprint density at radius 2 is 1.94 bits per heavy atom. The molecule has 8 heteroatoms. The van der Waals surface area contributed by atoms with Crippen molar-refractivity contribution < 1.29 is 23.5 Å². The van der Waals surface area contributed by atoms with E-state index in [2.05, 4.69) is 11.9 Å². The molecule has 2 aromatic rings. The van der Waals surface area contributed by atoms with Gasteiger partial charge in [0.15, 0.2) is 16.6 Å². The maximum Gasteiger partial charge on any atom is 0.270 e. The molecule has 160 valence electrons. The Kier molecular flexibility index (Phi) is 6.81. The fourth-order valence-electron chi connectivity index (χ4n) is 3.22. The van der Waals surface area contributed by atoms with Gasteiger partial charge >= 0.3 is 0 Å². The molecule has 1 N–H and O–H groups in total. The number of methoxy groups -OCH3 is 1. The van der Waals surface area contributed by atoms with E-state index in [0.717, 1.165) is 10.5 Å². The van der Waals surface area contributed by atoms with Gasteiger partial charge in [0.2, 0.25) is 0 Å². The number of benzene rings is 2. The highest BCUT2D eigenvalue weighted by Gasteiger charge is 2.34. The highest BCUT2D eigenvalue weighted by atomic mass is 32.1. The maximum atomic E-state index is 13.3. The topological polar surface area (TPSA) is 67.9 Å². The number of hydrogen-bond acceptors (Lipinski definition) is 5. The average Bonchev–Trinajstić information content (AvgIpc) is 2.73. The van der Waals surface area contributed by atoms with Crippen molar-refractivity contribution in [2.45, 2.75) is 13.3 Å². The third-order valence-corrected chi connectivity index (χ3v) is 4.80. The standard InChI is InChI=1S/C23H21FN2O4S/c1-4-6-15-11-14(13-19(30-5-2)20(15)29-3)12-18-21(27)25-23(31)26(22(18)28)17-9-7-16(24)8-10-17/h4,7-13H,1,5-6H2,2-3H3,(H,25,27,31)/b18-12-. The van der Waals surface area contributed by atoms with Gasteiger partial charge < -0.3 is 9.47 Å². The van der Waals surface area contributed by atoms with E-state index in [1.807, 2.05) is 6.92 Å². The zero-order valence-electron chi connectivity index (χ0n) is 17.1. The predicted octanol–water partition coefficient (Wildman–Crippen LogP) is 3.79. The maximum absolute atomic E-state index is 13.3. The summed E-state index contributed by atoms with van der Waals surface area (Å²) in [5.74, 6) is -0.620. The molecule has 0 unspecified atom stereocenters. The molecular formula is C23H21FN2O4S. The second-order valence-electron chi connectivity index (χ2n) is 6.57. The van der Waals surface area contributed by atoms with Crippen LogP contribution in [0.4, 0.5) is 10.1 Å². The fourth-order valence-corrected chi connectivity index (χ4v) is 3.50. The summed E-state index contributed by atoms with van der Waals surface area (Å²) in [5, 5.41) is 2.44. The molecule has 0 aromatic heterocycles. The van der Waals surface area contributed by atoms with Gasteiger partial charge in [-0.05, 0) is 73.6 Å². The molecule has 1 aliphatic rings. The Balaban J connectivity index is 2.07. The molecule has 2 amide bonds. The first kappa shape index (κ1) is 22.2. The number of hydrogen-bond donors (Lipinski definition) is 1. The van der Waals surface area contributed by atoms with Crippen molar-refractivity contribution in [2.24, 2.45) is 0 Å². The summed E-state index contributed by atoms with van der Waals surface area (Å²) in [6.45, 7) is 6.01. The summed E-state index contributed by atoms with van der Waals surface area (Å²) in [6, 6.07) is 8.74. The van der Waals surface area contributed by atoms with Crippen LogP contribution in [0.1, 0.15) is 18.1 Å². The smallest absolute Gasteiger partial charge is 0.270 e. The van der Waals surface area contributed by atoms with Crippen molar-refractivity contribution in [1.29, 1.82) is 0 Å². The summed E-state index contributed by atoms with van der Waals surface area (Å²) >= 11 is 5.16. The summed E-state index contributed by atoms with van der Waals surface area (Å²) < 4.78 is 24.4. The van der Waals surface area contributed by atoms with Crippen LogP contribution in [0.2, 0.25) is 0 Å². The monoisotopic (exact) mass is 440 g/mol. The Labute approximate surface area is 185 Å². The van der Waals surface area contributed by atoms with Crippen molar-refractivity contribution in [3.05, 3.63) is 71.6 Å². The molecule has 0 radical (unpaired) electrons. The number of thiocarbonyl (C=S) groups is 1. The van der Waals surface area contributed by atoms with Gasteiger partial charge in [-0.1, -0.05) is 6.08 Å². The van der Waals surface area contributed by atoms with Crippen LogP contribution in [0.5, 0.6) is 11.5 Å². The van der Waals surface area contributed by atoms with Crippen molar-refractivity contribution in [3.63, 3.8) is 0 Å². The van der Waals surface area contributed by atoms with Gasteiger partial charge in [0.25, 0.3) is 11.8 Å². The Morgan fingerprint density at radius 1 is 1.23 bits per heavy atom. The van der Waals surface area contributed by atoms with E-state index in [1.165, 1.54) is 30.3 Å². The zero-order chi connectivity index (χ0) is 22.5. The molecule has 0 atom stereocenters. The van der Waals surface area contributed by atoms with E-state index in [1.54, 1.807) is 25.3 Å². The Bertz CT molecular complexity index is 1080. The molecule has 2 aromatic carbocycles. The van der Waals surface area contributed by atoms with E-state index in [-0.39, 0.29) is 10.7 Å². The van der Waals surface area contributed by atoms with Gasteiger partial charge in [-0.2, -0.15) is 0 Å². The van der Waals surface area contributed by atoms with Crippen LogP contribution in [0.15, 0.2) is 54.6 Å². The number of carbonyl (C=O) groups is 2. The number of ether oxygens (including phenoxy) is 2. The van der Waals surface area contributed by atoms with Crippen LogP contribution >= 0.6 is 12.2 Å². The molecule has 1 aliphatic heterocycles. The van der Waals surface area contributed by atoms with E-state index >= 15 is 0 Å². The third kappa shape index (κ3) is 4.64. The van der Waals surface area contributed by atoms with Gasteiger partial charge in [-0.15, -0.1) is 6.58 Å². The van der Waals surface area contributed by atoms with Crippen molar-refractivity contribution in [2.75, 3.05) is 18.6 Å².